The fraction of sp³-hybridized carbons (Fsp3) is 0.500. The molecule has 0 unspecified atom stereocenters. The van der Waals surface area contributed by atoms with Crippen LogP contribution in [0.2, 0.25) is 10.0 Å². The molecule has 35 heteroatoms. The summed E-state index contributed by atoms with van der Waals surface area (Å²) in [5.41, 5.74) is 13.9. The number of amides is 5. The van der Waals surface area contributed by atoms with Gasteiger partial charge in [-0.15, -0.1) is 0 Å². The summed E-state index contributed by atoms with van der Waals surface area (Å²) in [6.07, 6.45) is -24.0. The number of carboxylic acid groups (broad SMARTS) is 1. The maximum atomic E-state index is 16.5. The van der Waals surface area contributed by atoms with E-state index in [0.29, 0.717) is 6.42 Å². The summed E-state index contributed by atoms with van der Waals surface area (Å²) in [4.78, 5) is 120. The molecule has 8 aliphatic rings. The molecule has 0 radical (unpaired) electrons. The van der Waals surface area contributed by atoms with Crippen LogP contribution in [0, 0.1) is 17.8 Å². The Hall–Kier alpha value is -8.88. The number of aliphatic hydroxyl groups excluding tert-OH is 6. The molecule has 13 rings (SSSR count). The Morgan fingerprint density at radius 2 is 1.28 bits per heavy atom. The number of ether oxygens (including phenoxy) is 8. The molecular formula is C76H91Cl2N7O26. The highest BCUT2D eigenvalue weighted by molar-refractivity contribution is 6.32. The van der Waals surface area contributed by atoms with Gasteiger partial charge >= 0.3 is 5.97 Å². The quantitative estimate of drug-likeness (QED) is 0.0709. The molecule has 20 N–H and O–H groups in total. The summed E-state index contributed by atoms with van der Waals surface area (Å²) in [6, 6.07) is 5.97. The molecule has 3 saturated heterocycles. The molecule has 8 aliphatic heterocycles. The Bertz CT molecular complexity index is 4410. The van der Waals surface area contributed by atoms with Gasteiger partial charge in [0.1, 0.15) is 77.4 Å². The van der Waals surface area contributed by atoms with Crippen LogP contribution < -0.4 is 52.7 Å². The maximum Gasteiger partial charge on any atom is 0.330 e. The van der Waals surface area contributed by atoms with Crippen LogP contribution >= 0.6 is 23.2 Å². The fourth-order valence-corrected chi connectivity index (χ4v) is 15.5. The van der Waals surface area contributed by atoms with Crippen molar-refractivity contribution in [3.63, 3.8) is 0 Å². The number of phenols is 3. The lowest BCUT2D eigenvalue weighted by Gasteiger charge is -2.47. The molecule has 111 heavy (non-hydrogen) atoms. The van der Waals surface area contributed by atoms with E-state index in [-0.39, 0.29) is 64.0 Å². The Kier molecular flexibility index (Phi) is 25.0. The number of carboxylic acids is 1. The van der Waals surface area contributed by atoms with Gasteiger partial charge in [0.25, 0.3) is 0 Å². The molecule has 0 aliphatic carbocycles. The van der Waals surface area contributed by atoms with E-state index < -0.39 is 262 Å². The summed E-state index contributed by atoms with van der Waals surface area (Å²) in [5.74, 6) is -19.1. The molecule has 5 aromatic carbocycles. The van der Waals surface area contributed by atoms with E-state index >= 15 is 24.0 Å². The number of rotatable bonds is 15. The first kappa shape index (κ1) is 83.1. The number of aliphatic hydroxyl groups is 6. The average molecular weight is 1590 g/mol. The molecule has 8 heterocycles. The molecule has 0 saturated carbocycles. The number of halogens is 2. The van der Waals surface area contributed by atoms with Gasteiger partial charge in [-0.05, 0) is 123 Å². The van der Waals surface area contributed by atoms with Crippen LogP contribution in [0.15, 0.2) is 78.9 Å². The zero-order chi connectivity index (χ0) is 80.9. The lowest BCUT2D eigenvalue weighted by atomic mass is 9.84. The number of ketones is 2. The number of carbonyl (C=O) groups is 8. The lowest BCUT2D eigenvalue weighted by Crippen LogP contribution is -2.64. The van der Waals surface area contributed by atoms with Crippen LogP contribution in [0.4, 0.5) is 0 Å². The van der Waals surface area contributed by atoms with Crippen LogP contribution in [-0.4, -0.2) is 196 Å². The molecule has 33 nitrogen and oxygen atoms in total. The molecule has 5 aromatic rings. The van der Waals surface area contributed by atoms with Crippen LogP contribution in [0.5, 0.6) is 46.0 Å². The molecule has 3 fully saturated rings. The first-order valence-corrected chi connectivity index (χ1v) is 36.8. The summed E-state index contributed by atoms with van der Waals surface area (Å²) >= 11 is 14.5. The van der Waals surface area contributed by atoms with Gasteiger partial charge in [-0.1, -0.05) is 62.2 Å². The van der Waals surface area contributed by atoms with Gasteiger partial charge in [0.2, 0.25) is 41.6 Å². The van der Waals surface area contributed by atoms with Crippen LogP contribution in [0.1, 0.15) is 151 Å². The summed E-state index contributed by atoms with van der Waals surface area (Å²) in [6.45, 7) is 10.5. The number of carbonyl (C=O) groups excluding carboxylic acids is 7. The van der Waals surface area contributed by atoms with Crippen LogP contribution in [0.3, 0.4) is 0 Å². The van der Waals surface area contributed by atoms with Gasteiger partial charge in [0.05, 0.1) is 52.9 Å². The Balaban J connectivity index is 1.19. The second-order valence-electron chi connectivity index (χ2n) is 30.1. The molecule has 22 atom stereocenters. The number of nitrogens with one attached hydrogen (secondary N) is 4. The first-order chi connectivity index (χ1) is 52.3. The number of phenolic OH excluding ortho intramolecular Hbond substituents is 3. The van der Waals surface area contributed by atoms with Crippen molar-refractivity contribution in [2.24, 2.45) is 35.0 Å². The van der Waals surface area contributed by atoms with Gasteiger partial charge in [-0.3, -0.25) is 33.6 Å². The average Bonchev–Trinajstić information content (AvgIpc) is 0.763. The fourth-order valence-electron chi connectivity index (χ4n) is 15.0. The van der Waals surface area contributed by atoms with E-state index in [4.69, 9.17) is 78.3 Å². The third-order valence-corrected chi connectivity index (χ3v) is 21.6. The standard InChI is InChI=1S/C76H91Cl2N7O26/c1-8-32(15-29(2)3)69(98)84-59-46(90)19-37(22-53(79)92)70(99)82-57-36-20-50(106-48-13-10-34(61(59)93)17-42(48)77)65(111-74-66(63(95)62(94)52(28-86)108-74)110-55-27-76(7,81)68(97)31(5)105-55)51(21-36)107-49-14-11-35(18-43(49)78)64(109-54-26-75(6,80)67(96)30(4)104-54)60-72(101)83-58(73(102)103)41-23-38(87)24-45(89)56(41)40-16-33(9-12-44(40)88)39(25-47(57)91)71(100)85-60/h9-14,16-18,20-21,23-24,29-32,37,39,52,54-55,57-64,66-68,74,86-89,93-97H,8,15,19,22,25-28,80-81H2,1-7H3,(H2,79,92)(H,82,99)(H,83,101)(H,84,98)(H,85,100)(H,102,103)/t30-,31-,32+,37-,39+,52+,54-,55-,57+,58-,59-,60-,61+,62+,63-,64+,66+,67-,68-,74-,75-,76-/m0/s1. The Morgan fingerprint density at radius 3 is 1.85 bits per heavy atom. The van der Waals surface area contributed by atoms with Crippen LogP contribution in [-0.2, 0) is 62.0 Å². The highest BCUT2D eigenvalue weighted by Crippen LogP contribution is 2.51. The number of hydrogen-bond acceptors (Lipinski definition) is 27. The Morgan fingerprint density at radius 1 is 0.685 bits per heavy atom. The van der Waals surface area contributed by atoms with Crippen molar-refractivity contribution in [1.29, 1.82) is 0 Å². The van der Waals surface area contributed by atoms with Crippen molar-refractivity contribution >= 4 is 70.3 Å². The van der Waals surface area contributed by atoms with Gasteiger partial charge < -0.3 is 127 Å². The van der Waals surface area contributed by atoms with E-state index in [9.17, 15) is 65.4 Å². The molecule has 5 amide bonds. The second kappa shape index (κ2) is 33.4. The van der Waals surface area contributed by atoms with Gasteiger partial charge in [-0.25, -0.2) is 4.79 Å². The van der Waals surface area contributed by atoms with Crippen LogP contribution in [0.25, 0.3) is 11.1 Å². The SMILES string of the molecule is CC[C@H](CC(C)C)C(=O)N[C@H]1C(=O)C[C@@H](CC(N)=O)C(=O)N[C@H]2C(=O)C[C@H]3C(=O)N[C@H](C(=O)N[C@H](C(=O)O)c4cc(O)cc(O)c4-c4cc3ccc4O)[C@H](O[C@H]3C[C@](C)(N)[C@@H](O)[C@H](C)O3)c3ccc(c(Cl)c3)Oc3cc2cc(c3O[C@@H]2O[C@H](CO)[C@@H](O)[C@H](O)[C@H]2O[C@H]2C[C@](C)(N)[C@@H](O)[C@H](C)O2)Oc2ccc(cc2Cl)[C@H]1O. The van der Waals surface area contributed by atoms with Crippen molar-refractivity contribution in [3.8, 4) is 57.1 Å². The number of Topliss-reactive ketones (excluding diaryl/α,β-unsaturated/α-hetero) is 2. The molecule has 0 spiro atoms. The van der Waals surface area contributed by atoms with Crippen molar-refractivity contribution in [2.75, 3.05) is 6.61 Å². The zero-order valence-electron chi connectivity index (χ0n) is 61.3. The summed E-state index contributed by atoms with van der Waals surface area (Å²) < 4.78 is 51.9. The second-order valence-corrected chi connectivity index (χ2v) is 30.9. The van der Waals surface area contributed by atoms with Gasteiger partial charge in [0, 0.05) is 71.9 Å². The number of primary amides is 1. The molecular weight excluding hydrogens is 1500 g/mol. The number of fused-ring (bicyclic) bond motifs is 15. The number of aromatic hydroxyl groups is 3. The summed E-state index contributed by atoms with van der Waals surface area (Å²) in [5, 5.41) is 124. The molecule has 0 aromatic heterocycles. The normalized spacial score (nSPS) is 32.2. The minimum atomic E-state index is -2.27. The number of benzene rings is 5. The predicted octanol–water partition coefficient (Wildman–Crippen LogP) is 3.76. The van der Waals surface area contributed by atoms with E-state index in [2.05, 4.69) is 21.3 Å². The van der Waals surface area contributed by atoms with Crippen molar-refractivity contribution in [2.45, 2.75) is 214 Å². The van der Waals surface area contributed by atoms with E-state index in [1.807, 2.05) is 13.8 Å². The number of hydrogen-bond donors (Lipinski definition) is 17. The highest BCUT2D eigenvalue weighted by atomic mass is 35.5. The predicted molar refractivity (Wildman–Crippen MR) is 389 cm³/mol. The Labute approximate surface area is 645 Å². The zero-order valence-corrected chi connectivity index (χ0v) is 62.8. The van der Waals surface area contributed by atoms with E-state index in [0.717, 1.165) is 36.4 Å². The van der Waals surface area contributed by atoms with Gasteiger partial charge in [-0.2, -0.15) is 0 Å². The third-order valence-electron chi connectivity index (χ3n) is 21.0. The monoisotopic (exact) mass is 1590 g/mol. The van der Waals surface area contributed by atoms with E-state index in [1.165, 1.54) is 70.2 Å². The minimum absolute atomic E-state index is 0.0271. The number of aliphatic carboxylic acids is 1. The maximum absolute atomic E-state index is 16.5. The largest absolute Gasteiger partial charge is 0.508 e. The van der Waals surface area contributed by atoms with Crippen molar-refractivity contribution < 1.29 is 127 Å². The third kappa shape index (κ3) is 17.8. The van der Waals surface area contributed by atoms with E-state index in [1.54, 1.807) is 6.92 Å². The lowest BCUT2D eigenvalue weighted by molar-refractivity contribution is -0.333. The number of nitrogens with two attached hydrogens (primary N) is 3. The van der Waals surface area contributed by atoms with Crippen molar-refractivity contribution in [1.82, 2.24) is 21.3 Å². The first-order valence-electron chi connectivity index (χ1n) is 36.1. The smallest absolute Gasteiger partial charge is 0.330 e. The topological polar surface area (TPSA) is 539 Å². The minimum Gasteiger partial charge on any atom is -0.508 e. The highest BCUT2D eigenvalue weighted by Gasteiger charge is 2.52. The molecule has 11 bridgehead atoms. The van der Waals surface area contributed by atoms with Gasteiger partial charge in [0.15, 0.2) is 47.8 Å². The van der Waals surface area contributed by atoms with Crippen molar-refractivity contribution in [3.05, 3.63) is 117 Å². The summed E-state index contributed by atoms with van der Waals surface area (Å²) in [7, 11) is 0. The molecule has 600 valence electrons.